The van der Waals surface area contributed by atoms with Crippen molar-refractivity contribution in [2.24, 2.45) is 0 Å². The second-order valence-electron chi connectivity index (χ2n) is 4.76. The highest BCUT2D eigenvalue weighted by atomic mass is 35.5. The van der Waals surface area contributed by atoms with Gasteiger partial charge in [-0.2, -0.15) is 5.10 Å². The van der Waals surface area contributed by atoms with Gasteiger partial charge in [-0.3, -0.25) is 0 Å². The summed E-state index contributed by atoms with van der Waals surface area (Å²) in [7, 11) is 4.91. The van der Waals surface area contributed by atoms with Crippen LogP contribution in [0.2, 0.25) is 5.15 Å². The van der Waals surface area contributed by atoms with E-state index in [4.69, 9.17) is 25.8 Å². The van der Waals surface area contributed by atoms with Crippen molar-refractivity contribution in [2.45, 2.75) is 19.4 Å². The topological polar surface area (TPSA) is 53.5 Å². The number of methoxy groups -OCH3 is 3. The molecule has 0 fully saturated rings. The smallest absolute Gasteiger partial charge is 0.157 e. The standard InChI is InChI=1S/C16H19ClN2O3/c1-20-10-12-8-13(18-19-16(12)17)6-4-11-5-7-14(21-2)9-15(11)22-3/h5,7-9H,4,6,10H2,1-3H3. The Morgan fingerprint density at radius 2 is 1.77 bits per heavy atom. The molecule has 22 heavy (non-hydrogen) atoms. The molecule has 1 heterocycles. The maximum atomic E-state index is 5.99. The lowest BCUT2D eigenvalue weighted by molar-refractivity contribution is 0.184. The number of hydrogen-bond acceptors (Lipinski definition) is 5. The van der Waals surface area contributed by atoms with Gasteiger partial charge in [-0.05, 0) is 30.5 Å². The van der Waals surface area contributed by atoms with E-state index in [0.717, 1.165) is 41.2 Å². The lowest BCUT2D eigenvalue weighted by Gasteiger charge is -2.10. The average Bonchev–Trinajstić information content (AvgIpc) is 2.55. The zero-order valence-electron chi connectivity index (χ0n) is 12.9. The van der Waals surface area contributed by atoms with Gasteiger partial charge in [0.25, 0.3) is 0 Å². The molecule has 2 rings (SSSR count). The zero-order valence-corrected chi connectivity index (χ0v) is 13.7. The highest BCUT2D eigenvalue weighted by Crippen LogP contribution is 2.25. The van der Waals surface area contributed by atoms with Crippen molar-refractivity contribution in [3.05, 3.63) is 46.2 Å². The number of halogens is 1. The summed E-state index contributed by atoms with van der Waals surface area (Å²) in [5.41, 5.74) is 2.80. The van der Waals surface area contributed by atoms with E-state index in [0.29, 0.717) is 11.8 Å². The summed E-state index contributed by atoms with van der Waals surface area (Å²) in [4.78, 5) is 0. The van der Waals surface area contributed by atoms with Crippen LogP contribution in [0.3, 0.4) is 0 Å². The van der Waals surface area contributed by atoms with Crippen molar-refractivity contribution in [3.63, 3.8) is 0 Å². The normalized spacial score (nSPS) is 10.5. The summed E-state index contributed by atoms with van der Waals surface area (Å²) < 4.78 is 15.7. The molecule has 6 heteroatoms. The third kappa shape index (κ3) is 4.08. The van der Waals surface area contributed by atoms with Crippen molar-refractivity contribution < 1.29 is 14.2 Å². The fourth-order valence-electron chi connectivity index (χ4n) is 2.16. The molecule has 0 aliphatic rings. The number of aromatic nitrogens is 2. The number of nitrogens with zero attached hydrogens (tertiary/aromatic N) is 2. The molecule has 0 saturated heterocycles. The van der Waals surface area contributed by atoms with Crippen LogP contribution in [0.25, 0.3) is 0 Å². The van der Waals surface area contributed by atoms with E-state index in [9.17, 15) is 0 Å². The van der Waals surface area contributed by atoms with E-state index in [-0.39, 0.29) is 0 Å². The van der Waals surface area contributed by atoms with Crippen LogP contribution >= 0.6 is 11.6 Å². The molecule has 0 radical (unpaired) electrons. The molecule has 118 valence electrons. The second kappa shape index (κ2) is 7.96. The Morgan fingerprint density at radius 1 is 0.955 bits per heavy atom. The Balaban J connectivity index is 2.11. The molecule has 0 N–H and O–H groups in total. The van der Waals surface area contributed by atoms with E-state index in [1.165, 1.54) is 0 Å². The Morgan fingerprint density at radius 3 is 2.45 bits per heavy atom. The predicted octanol–water partition coefficient (Wildman–Crippen LogP) is 3.08. The molecule has 0 atom stereocenters. The third-order valence-electron chi connectivity index (χ3n) is 3.32. The van der Waals surface area contributed by atoms with Crippen LogP contribution in [0, 0.1) is 0 Å². The molecule has 0 amide bonds. The van der Waals surface area contributed by atoms with Crippen molar-refractivity contribution in [2.75, 3.05) is 21.3 Å². The first-order chi connectivity index (χ1) is 10.7. The quantitative estimate of drug-likeness (QED) is 0.784. The maximum Gasteiger partial charge on any atom is 0.157 e. The lowest BCUT2D eigenvalue weighted by Crippen LogP contribution is -2.02. The van der Waals surface area contributed by atoms with E-state index in [1.807, 2.05) is 24.3 Å². The van der Waals surface area contributed by atoms with E-state index in [2.05, 4.69) is 10.2 Å². The Labute approximate surface area is 135 Å². The Kier molecular flexibility index (Phi) is 5.98. The summed E-state index contributed by atoms with van der Waals surface area (Å²) in [6.07, 6.45) is 1.53. The third-order valence-corrected chi connectivity index (χ3v) is 3.63. The van der Waals surface area contributed by atoms with Crippen molar-refractivity contribution >= 4 is 11.6 Å². The van der Waals surface area contributed by atoms with Gasteiger partial charge < -0.3 is 14.2 Å². The molecule has 0 saturated carbocycles. The first-order valence-electron chi connectivity index (χ1n) is 6.88. The summed E-state index contributed by atoms with van der Waals surface area (Å²) in [6.45, 7) is 0.424. The number of hydrogen-bond donors (Lipinski definition) is 0. The van der Waals surface area contributed by atoms with Crippen LogP contribution in [0.1, 0.15) is 16.8 Å². The maximum absolute atomic E-state index is 5.99. The minimum absolute atomic E-state index is 0.382. The number of ether oxygens (including phenoxy) is 3. The van der Waals surface area contributed by atoms with E-state index in [1.54, 1.807) is 21.3 Å². The van der Waals surface area contributed by atoms with Gasteiger partial charge in [-0.15, -0.1) is 5.10 Å². The molecule has 5 nitrogen and oxygen atoms in total. The molecule has 2 aromatic rings. The molecule has 0 bridgehead atoms. The molecule has 0 spiro atoms. The van der Waals surface area contributed by atoms with E-state index >= 15 is 0 Å². The highest BCUT2D eigenvalue weighted by Gasteiger charge is 2.08. The van der Waals surface area contributed by atoms with Crippen molar-refractivity contribution in [1.29, 1.82) is 0 Å². The molecule has 0 unspecified atom stereocenters. The molecular weight excluding hydrogens is 304 g/mol. The molecule has 1 aromatic heterocycles. The molecule has 1 aromatic carbocycles. The van der Waals surface area contributed by atoms with E-state index < -0.39 is 0 Å². The summed E-state index contributed by atoms with van der Waals surface area (Å²) in [5, 5.41) is 8.47. The van der Waals surface area contributed by atoms with Gasteiger partial charge >= 0.3 is 0 Å². The first kappa shape index (κ1) is 16.5. The van der Waals surface area contributed by atoms with Gasteiger partial charge in [0.15, 0.2) is 5.15 Å². The largest absolute Gasteiger partial charge is 0.497 e. The summed E-state index contributed by atoms with van der Waals surface area (Å²) in [6, 6.07) is 7.72. The van der Waals surface area contributed by atoms with Crippen molar-refractivity contribution in [1.82, 2.24) is 10.2 Å². The molecule has 0 aliphatic carbocycles. The van der Waals surface area contributed by atoms with Gasteiger partial charge in [0.1, 0.15) is 11.5 Å². The second-order valence-corrected chi connectivity index (χ2v) is 5.12. The van der Waals surface area contributed by atoms with Gasteiger partial charge in [-0.1, -0.05) is 17.7 Å². The van der Waals surface area contributed by atoms with Gasteiger partial charge in [-0.25, -0.2) is 0 Å². The minimum Gasteiger partial charge on any atom is -0.497 e. The number of rotatable bonds is 7. The minimum atomic E-state index is 0.382. The molecule has 0 aliphatic heterocycles. The Bertz CT molecular complexity index is 635. The first-order valence-corrected chi connectivity index (χ1v) is 7.26. The lowest BCUT2D eigenvalue weighted by atomic mass is 10.1. The summed E-state index contributed by atoms with van der Waals surface area (Å²) in [5.74, 6) is 1.58. The van der Waals surface area contributed by atoms with Crippen LogP contribution in [0.5, 0.6) is 11.5 Å². The van der Waals surface area contributed by atoms with Gasteiger partial charge in [0, 0.05) is 18.7 Å². The van der Waals surface area contributed by atoms with Crippen LogP contribution in [-0.2, 0) is 24.2 Å². The predicted molar refractivity (Wildman–Crippen MR) is 84.7 cm³/mol. The summed E-state index contributed by atoms with van der Waals surface area (Å²) >= 11 is 5.99. The number of benzene rings is 1. The van der Waals surface area contributed by atoms with Crippen LogP contribution in [0.15, 0.2) is 24.3 Å². The number of aryl methyl sites for hydroxylation is 2. The highest BCUT2D eigenvalue weighted by molar-refractivity contribution is 6.30. The van der Waals surface area contributed by atoms with Gasteiger partial charge in [0.2, 0.25) is 0 Å². The average molecular weight is 323 g/mol. The monoisotopic (exact) mass is 322 g/mol. The SMILES string of the molecule is COCc1cc(CCc2ccc(OC)cc2OC)nnc1Cl. The van der Waals surface area contributed by atoms with Crippen LogP contribution in [-0.4, -0.2) is 31.5 Å². The fourth-order valence-corrected chi connectivity index (χ4v) is 2.31. The van der Waals surface area contributed by atoms with Crippen molar-refractivity contribution in [3.8, 4) is 11.5 Å². The zero-order chi connectivity index (χ0) is 15.9. The Hall–Kier alpha value is -1.85. The van der Waals surface area contributed by atoms with Crippen LogP contribution < -0.4 is 9.47 Å². The van der Waals surface area contributed by atoms with Gasteiger partial charge in [0.05, 0.1) is 26.5 Å². The molecular formula is C16H19ClN2O3. The fraction of sp³-hybridized carbons (Fsp3) is 0.375. The van der Waals surface area contributed by atoms with Crippen LogP contribution in [0.4, 0.5) is 0 Å².